The SMILES string of the molecule is NCCCC[C@@H]1NC(=O)[C@H](CCCCN)NC(=O)[C@@H](N)C/C=C/C[C@@H](C(=O)N[C@@H](Cc2ccc(O)cc2)C(=O)N[C@@H](CC2CCCCCC2)C(=O)O)NC1=O. The number of carbonyl (C=O) groups excluding carboxylic acids is 5. The minimum Gasteiger partial charge on any atom is -0.508 e. The molecule has 1 fully saturated rings. The Labute approximate surface area is 323 Å². The van der Waals surface area contributed by atoms with Gasteiger partial charge in [0.1, 0.15) is 36.0 Å². The van der Waals surface area contributed by atoms with Gasteiger partial charge in [-0.2, -0.15) is 0 Å². The number of unbranched alkanes of at least 4 members (excludes halogenated alkanes) is 2. The lowest BCUT2D eigenvalue weighted by molar-refractivity contribution is -0.143. The first-order chi connectivity index (χ1) is 26.4. The highest BCUT2D eigenvalue weighted by Crippen LogP contribution is 2.26. The molecule has 6 atom stereocenters. The molecule has 0 bridgehead atoms. The molecule has 2 aliphatic rings. The second-order valence-electron chi connectivity index (χ2n) is 14.7. The van der Waals surface area contributed by atoms with Crippen LogP contribution in [0.3, 0.4) is 0 Å². The third-order valence-electron chi connectivity index (χ3n) is 10.2. The van der Waals surface area contributed by atoms with Crippen LogP contribution in [0.25, 0.3) is 0 Å². The van der Waals surface area contributed by atoms with E-state index in [1.54, 1.807) is 24.3 Å². The lowest BCUT2D eigenvalue weighted by atomic mass is 9.92. The van der Waals surface area contributed by atoms with Crippen molar-refractivity contribution in [2.45, 2.75) is 139 Å². The smallest absolute Gasteiger partial charge is 0.326 e. The Morgan fingerprint density at radius 3 is 1.89 bits per heavy atom. The van der Waals surface area contributed by atoms with E-state index in [-0.39, 0.29) is 50.2 Å². The number of phenolic OH excluding ortho intramolecular Hbond substituents is 1. The van der Waals surface area contributed by atoms with Crippen molar-refractivity contribution in [2.24, 2.45) is 23.1 Å². The van der Waals surface area contributed by atoms with E-state index in [0.29, 0.717) is 44.3 Å². The number of hydrogen-bond donors (Lipinski definition) is 10. The quantitative estimate of drug-likeness (QED) is 0.0599. The first-order valence-electron chi connectivity index (χ1n) is 19.7. The van der Waals surface area contributed by atoms with Crippen LogP contribution in [0.15, 0.2) is 36.4 Å². The van der Waals surface area contributed by atoms with Gasteiger partial charge in [0.05, 0.1) is 6.04 Å². The minimum absolute atomic E-state index is 0.00421. The van der Waals surface area contributed by atoms with Crippen molar-refractivity contribution in [3.8, 4) is 5.75 Å². The predicted molar refractivity (Wildman–Crippen MR) is 207 cm³/mol. The number of hydrogen-bond acceptors (Lipinski definition) is 10. The van der Waals surface area contributed by atoms with Crippen molar-refractivity contribution in [3.05, 3.63) is 42.0 Å². The maximum Gasteiger partial charge on any atom is 0.326 e. The fourth-order valence-electron chi connectivity index (χ4n) is 6.94. The average Bonchev–Trinajstić information content (AvgIpc) is 3.43. The van der Waals surface area contributed by atoms with E-state index in [4.69, 9.17) is 17.2 Å². The van der Waals surface area contributed by atoms with Gasteiger partial charge in [0, 0.05) is 6.42 Å². The van der Waals surface area contributed by atoms with Gasteiger partial charge in [-0.1, -0.05) is 62.8 Å². The molecule has 3 rings (SSSR count). The Balaban J connectivity index is 1.89. The highest BCUT2D eigenvalue weighted by atomic mass is 16.4. The monoisotopic (exact) mass is 770 g/mol. The molecule has 1 aliphatic carbocycles. The molecule has 1 saturated carbocycles. The first-order valence-corrected chi connectivity index (χ1v) is 19.7. The zero-order chi connectivity index (χ0) is 40.2. The summed E-state index contributed by atoms with van der Waals surface area (Å²) in [5.41, 5.74) is 18.1. The summed E-state index contributed by atoms with van der Waals surface area (Å²) in [7, 11) is 0. The molecule has 1 heterocycles. The van der Waals surface area contributed by atoms with Crippen LogP contribution in [0.4, 0.5) is 0 Å². The van der Waals surface area contributed by atoms with E-state index in [2.05, 4.69) is 26.6 Å². The van der Waals surface area contributed by atoms with Gasteiger partial charge < -0.3 is 54.0 Å². The van der Waals surface area contributed by atoms with Crippen LogP contribution in [0, 0.1) is 5.92 Å². The predicted octanol–water partition coefficient (Wildman–Crippen LogP) is 0.739. The van der Waals surface area contributed by atoms with E-state index in [1.807, 2.05) is 0 Å². The molecule has 16 nitrogen and oxygen atoms in total. The number of rotatable bonds is 17. The largest absolute Gasteiger partial charge is 0.508 e. The standard InChI is InChI=1S/C39H62N8O8/c40-21-9-7-15-29-35(50)45-31(16-8-10-22-41)36(51)44-30(14-6-5-13-28(42)34(49)43-29)37(52)46-32(23-26-17-19-27(48)20-18-26)38(53)47-33(39(54)55)24-25-11-3-1-2-4-12-25/h5-6,17-20,25,28-33,48H,1-4,7-16,21-24,40-42H2,(H,43,49)(H,44,51)(H,45,50)(H,46,52)(H,47,53)(H,54,55)/b6-5+/t28-,29-,30-,31-,32-,33-/m0/s1. The zero-order valence-electron chi connectivity index (χ0n) is 31.8. The van der Waals surface area contributed by atoms with Crippen LogP contribution < -0.4 is 43.8 Å². The van der Waals surface area contributed by atoms with Crippen LogP contribution in [-0.2, 0) is 35.2 Å². The van der Waals surface area contributed by atoms with Gasteiger partial charge in [-0.15, -0.1) is 0 Å². The maximum atomic E-state index is 14.1. The number of carboxylic acid groups (broad SMARTS) is 1. The van der Waals surface area contributed by atoms with Crippen molar-refractivity contribution < 1.29 is 39.0 Å². The molecular weight excluding hydrogens is 708 g/mol. The normalized spacial score (nSPS) is 23.4. The molecule has 55 heavy (non-hydrogen) atoms. The van der Waals surface area contributed by atoms with Crippen LogP contribution in [0.1, 0.15) is 102 Å². The Morgan fingerprint density at radius 2 is 1.31 bits per heavy atom. The van der Waals surface area contributed by atoms with Gasteiger partial charge in [-0.3, -0.25) is 24.0 Å². The van der Waals surface area contributed by atoms with E-state index in [1.165, 1.54) is 12.1 Å². The van der Waals surface area contributed by atoms with Gasteiger partial charge in [0.2, 0.25) is 29.5 Å². The molecule has 306 valence electrons. The van der Waals surface area contributed by atoms with Gasteiger partial charge in [0.15, 0.2) is 0 Å². The van der Waals surface area contributed by atoms with Crippen molar-refractivity contribution in [3.63, 3.8) is 0 Å². The number of nitrogens with two attached hydrogens (primary N) is 3. The molecule has 1 aromatic rings. The molecular formula is C39H62N8O8. The number of carbonyl (C=O) groups is 6. The second-order valence-corrected chi connectivity index (χ2v) is 14.7. The lowest BCUT2D eigenvalue weighted by Gasteiger charge is -2.28. The first kappa shape index (κ1) is 44.9. The third-order valence-corrected chi connectivity index (χ3v) is 10.2. The number of aromatic hydroxyl groups is 1. The molecule has 0 spiro atoms. The Morgan fingerprint density at radius 1 is 0.745 bits per heavy atom. The number of benzene rings is 1. The minimum atomic E-state index is -1.26. The lowest BCUT2D eigenvalue weighted by Crippen LogP contribution is -2.59. The summed E-state index contributed by atoms with van der Waals surface area (Å²) in [5, 5.41) is 33.5. The number of phenols is 1. The molecule has 0 aromatic heterocycles. The zero-order valence-corrected chi connectivity index (χ0v) is 31.8. The van der Waals surface area contributed by atoms with Crippen LogP contribution >= 0.6 is 0 Å². The number of carboxylic acids is 1. The molecule has 1 aliphatic heterocycles. The maximum absolute atomic E-state index is 14.1. The Hall–Kier alpha value is -4.54. The third kappa shape index (κ3) is 16.0. The molecule has 1 aromatic carbocycles. The van der Waals surface area contributed by atoms with Gasteiger partial charge in [-0.25, -0.2) is 4.79 Å². The van der Waals surface area contributed by atoms with Crippen molar-refractivity contribution in [2.75, 3.05) is 13.1 Å². The van der Waals surface area contributed by atoms with Crippen molar-refractivity contribution >= 4 is 35.5 Å². The fourth-order valence-corrected chi connectivity index (χ4v) is 6.94. The summed E-state index contributed by atoms with van der Waals surface area (Å²) < 4.78 is 0. The molecule has 0 saturated heterocycles. The Bertz CT molecular complexity index is 1430. The Kier molecular flexibility index (Phi) is 19.6. The summed E-state index contributed by atoms with van der Waals surface area (Å²) in [4.78, 5) is 80.7. The summed E-state index contributed by atoms with van der Waals surface area (Å²) in [6.07, 6.45) is 12.1. The molecule has 13 N–H and O–H groups in total. The highest BCUT2D eigenvalue weighted by molar-refractivity contribution is 5.96. The van der Waals surface area contributed by atoms with Gasteiger partial charge >= 0.3 is 5.97 Å². The van der Waals surface area contributed by atoms with Crippen LogP contribution in [-0.4, -0.2) is 95.1 Å². The summed E-state index contributed by atoms with van der Waals surface area (Å²) >= 11 is 0. The van der Waals surface area contributed by atoms with E-state index in [0.717, 1.165) is 38.5 Å². The molecule has 0 radical (unpaired) electrons. The molecule has 0 unspecified atom stereocenters. The number of aliphatic carboxylic acids is 1. The topological polar surface area (TPSA) is 281 Å². The molecule has 16 heteroatoms. The van der Waals surface area contributed by atoms with Gasteiger partial charge in [0.25, 0.3) is 0 Å². The van der Waals surface area contributed by atoms with Crippen molar-refractivity contribution in [1.82, 2.24) is 26.6 Å². The summed E-state index contributed by atoms with van der Waals surface area (Å²) in [6.45, 7) is 0.764. The van der Waals surface area contributed by atoms with E-state index < -0.39 is 71.8 Å². The number of amides is 5. The van der Waals surface area contributed by atoms with E-state index in [9.17, 15) is 39.0 Å². The highest BCUT2D eigenvalue weighted by Gasteiger charge is 2.33. The average molecular weight is 771 g/mol. The van der Waals surface area contributed by atoms with Gasteiger partial charge in [-0.05, 0) is 94.5 Å². The fraction of sp³-hybridized carbons (Fsp3) is 0.641. The van der Waals surface area contributed by atoms with E-state index >= 15 is 0 Å². The summed E-state index contributed by atoms with van der Waals surface area (Å²) in [6, 6.07) is -0.665. The number of nitrogens with one attached hydrogen (secondary N) is 5. The molecule has 5 amide bonds. The summed E-state index contributed by atoms with van der Waals surface area (Å²) in [5.74, 6) is -4.25. The van der Waals surface area contributed by atoms with Crippen LogP contribution in [0.5, 0.6) is 5.75 Å². The van der Waals surface area contributed by atoms with Crippen LogP contribution in [0.2, 0.25) is 0 Å². The second kappa shape index (κ2) is 24.1. The van der Waals surface area contributed by atoms with Crippen molar-refractivity contribution in [1.29, 1.82) is 0 Å².